The average molecular weight is 438 g/mol. The van der Waals surface area contributed by atoms with Gasteiger partial charge in [-0.3, -0.25) is 4.90 Å². The lowest BCUT2D eigenvalue weighted by atomic mass is 9.48. The third-order valence-electron chi connectivity index (χ3n) is 4.15. The molecular formula is C17H18B3Cl2F2N3O2. The number of nitrogens with one attached hydrogen (secondary N) is 1. The number of anilines is 1. The smallest absolute Gasteiger partial charge is 0.413 e. The number of pyridine rings is 1. The molecular weight excluding hydrogens is 420 g/mol. The summed E-state index contributed by atoms with van der Waals surface area (Å²) >= 11 is 12.3. The van der Waals surface area contributed by atoms with Crippen molar-refractivity contribution >= 4 is 80.5 Å². The van der Waals surface area contributed by atoms with E-state index in [1.807, 2.05) is 0 Å². The quantitative estimate of drug-likeness (QED) is 0.627. The van der Waals surface area contributed by atoms with Gasteiger partial charge in [-0.15, -0.1) is 0 Å². The van der Waals surface area contributed by atoms with Crippen LogP contribution in [0.5, 0.6) is 0 Å². The fraction of sp³-hybridized carbons (Fsp3) is 0.294. The second-order valence-corrected chi connectivity index (χ2v) is 9.48. The van der Waals surface area contributed by atoms with Crippen LogP contribution >= 0.6 is 23.2 Å². The van der Waals surface area contributed by atoms with Crippen LogP contribution in [0.4, 0.5) is 19.3 Å². The number of hydrogen-bond acceptors (Lipinski definition) is 3. The molecule has 1 aromatic carbocycles. The lowest BCUT2D eigenvalue weighted by Crippen LogP contribution is -2.55. The molecule has 0 bridgehead atoms. The average Bonchev–Trinajstić information content (AvgIpc) is 2.93. The first-order chi connectivity index (χ1) is 13.2. The molecule has 3 aromatic rings. The fourth-order valence-electron chi connectivity index (χ4n) is 3.10. The first kappa shape index (κ1) is 21.8. The van der Waals surface area contributed by atoms with Crippen LogP contribution in [0.25, 0.3) is 21.9 Å². The summed E-state index contributed by atoms with van der Waals surface area (Å²) in [5.41, 5.74) is -0.294. The van der Waals surface area contributed by atoms with Crippen molar-refractivity contribution in [2.45, 2.75) is 31.6 Å². The van der Waals surface area contributed by atoms with Crippen LogP contribution in [0.3, 0.4) is 0 Å². The minimum Gasteiger partial charge on any atom is -0.443 e. The number of aromatic amines is 1. The second kappa shape index (κ2) is 7.09. The number of amides is 1. The maximum Gasteiger partial charge on any atom is 0.413 e. The van der Waals surface area contributed by atoms with Gasteiger partial charge in [-0.1, -0.05) is 23.2 Å². The van der Waals surface area contributed by atoms with Gasteiger partial charge in [0, 0.05) is 17.6 Å². The summed E-state index contributed by atoms with van der Waals surface area (Å²) < 4.78 is 35.0. The molecule has 0 fully saturated rings. The number of nitrogens with zero attached hydrogens (tertiary/aromatic N) is 2. The fourth-order valence-corrected chi connectivity index (χ4v) is 3.47. The van der Waals surface area contributed by atoms with Gasteiger partial charge in [0.25, 0.3) is 0 Å². The normalized spacial score (nSPS) is 12.5. The van der Waals surface area contributed by atoms with Crippen molar-refractivity contribution in [3.05, 3.63) is 33.9 Å². The third-order valence-corrected chi connectivity index (χ3v) is 4.93. The van der Waals surface area contributed by atoms with Crippen molar-refractivity contribution in [2.24, 2.45) is 0 Å². The van der Waals surface area contributed by atoms with E-state index in [1.54, 1.807) is 44.3 Å². The molecule has 1 amide bonds. The molecule has 29 heavy (non-hydrogen) atoms. The molecule has 0 aliphatic rings. The Bertz CT molecular complexity index is 1140. The highest BCUT2D eigenvalue weighted by Gasteiger charge is 2.35. The van der Waals surface area contributed by atoms with Gasteiger partial charge in [-0.25, -0.2) is 18.6 Å². The molecule has 2 heterocycles. The number of fused-ring (bicyclic) bond motifs is 3. The number of ether oxygens (including phenoxy) is 1. The van der Waals surface area contributed by atoms with Crippen molar-refractivity contribution < 1.29 is 18.3 Å². The Morgan fingerprint density at radius 3 is 2.38 bits per heavy atom. The summed E-state index contributed by atoms with van der Waals surface area (Å²) in [6, 6.07) is 0.956. The van der Waals surface area contributed by atoms with Crippen LogP contribution in [0.2, 0.25) is 10.0 Å². The Hall–Kier alpha value is -1.93. The number of hydrogen-bond donors (Lipinski definition) is 1. The zero-order valence-corrected chi connectivity index (χ0v) is 18.4. The Balaban J connectivity index is 2.40. The standard InChI is InChI=1S/C17H18B3Cl2F2N3O2/c1-16(2,3)29-15(28)27(17(18,19)20)8-4-7(23)12(24)10-9-11(22)6(21)5-25-14(9)26-13(8)10/h4-5H,18-20H2,1-3H3,(H,25,26). The summed E-state index contributed by atoms with van der Waals surface area (Å²) in [6.07, 6.45) is 0.610. The minimum atomic E-state index is -1.14. The van der Waals surface area contributed by atoms with E-state index in [0.29, 0.717) is 0 Å². The molecule has 2 aromatic heterocycles. The second-order valence-electron chi connectivity index (χ2n) is 8.70. The van der Waals surface area contributed by atoms with Crippen LogP contribution in [0.1, 0.15) is 20.8 Å². The summed E-state index contributed by atoms with van der Waals surface area (Å²) in [5, 5.41) is -0.660. The van der Waals surface area contributed by atoms with Gasteiger partial charge in [-0.05, 0) is 26.0 Å². The molecule has 12 heteroatoms. The first-order valence-corrected chi connectivity index (χ1v) is 9.64. The predicted octanol–water partition coefficient (Wildman–Crippen LogP) is 2.55. The molecule has 0 unspecified atom stereocenters. The van der Waals surface area contributed by atoms with Crippen molar-refractivity contribution in [1.29, 1.82) is 0 Å². The molecule has 0 radical (unpaired) electrons. The van der Waals surface area contributed by atoms with E-state index in [-0.39, 0.29) is 37.7 Å². The summed E-state index contributed by atoms with van der Waals surface area (Å²) in [4.78, 5) is 21.3. The largest absolute Gasteiger partial charge is 0.443 e. The molecule has 3 rings (SSSR count). The van der Waals surface area contributed by atoms with Crippen LogP contribution in [-0.2, 0) is 4.74 Å². The SMILES string of the molecule is BC(B)(B)N(C(=O)OC(C)(C)C)c1cc(F)c(F)c2c1[nH]c1ncc(Cl)c(Cl)c12. The number of H-pyrrole nitrogens is 1. The predicted molar refractivity (Wildman–Crippen MR) is 121 cm³/mol. The number of benzene rings is 1. The van der Waals surface area contributed by atoms with Gasteiger partial charge in [0.15, 0.2) is 11.6 Å². The number of halogens is 4. The molecule has 0 aliphatic carbocycles. The van der Waals surface area contributed by atoms with Crippen molar-refractivity contribution in [2.75, 3.05) is 4.90 Å². The van der Waals surface area contributed by atoms with Crippen molar-refractivity contribution in [1.82, 2.24) is 9.97 Å². The molecule has 0 spiro atoms. The number of carbonyl (C=O) groups is 1. The lowest BCUT2D eigenvalue weighted by Gasteiger charge is -2.37. The Morgan fingerprint density at radius 1 is 1.21 bits per heavy atom. The van der Waals surface area contributed by atoms with Gasteiger partial charge in [-0.2, -0.15) is 0 Å². The Morgan fingerprint density at radius 2 is 1.83 bits per heavy atom. The van der Waals surface area contributed by atoms with E-state index in [9.17, 15) is 13.6 Å². The topological polar surface area (TPSA) is 58.2 Å². The van der Waals surface area contributed by atoms with E-state index in [1.165, 1.54) is 11.1 Å². The van der Waals surface area contributed by atoms with Gasteiger partial charge >= 0.3 is 6.09 Å². The summed E-state index contributed by atoms with van der Waals surface area (Å²) in [7, 11) is 5.28. The van der Waals surface area contributed by atoms with Crippen LogP contribution < -0.4 is 4.90 Å². The summed E-state index contributed by atoms with van der Waals surface area (Å²) in [5.74, 6) is -2.25. The molecule has 150 valence electrons. The number of rotatable bonds is 2. The zero-order chi connectivity index (χ0) is 21.9. The maximum atomic E-state index is 14.8. The lowest BCUT2D eigenvalue weighted by molar-refractivity contribution is 0.0579. The van der Waals surface area contributed by atoms with E-state index in [0.717, 1.165) is 6.07 Å². The van der Waals surface area contributed by atoms with E-state index in [4.69, 9.17) is 27.9 Å². The van der Waals surface area contributed by atoms with E-state index >= 15 is 0 Å². The molecule has 0 atom stereocenters. The van der Waals surface area contributed by atoms with E-state index in [2.05, 4.69) is 9.97 Å². The minimum absolute atomic E-state index is 0.0398. The maximum absolute atomic E-state index is 14.8. The monoisotopic (exact) mass is 437 g/mol. The zero-order valence-electron chi connectivity index (χ0n) is 16.9. The van der Waals surface area contributed by atoms with Crippen LogP contribution in [0.15, 0.2) is 12.3 Å². The van der Waals surface area contributed by atoms with Gasteiger partial charge in [0.1, 0.15) is 34.8 Å². The van der Waals surface area contributed by atoms with Gasteiger partial charge < -0.3 is 9.72 Å². The Kier molecular flexibility index (Phi) is 5.33. The highest BCUT2D eigenvalue weighted by atomic mass is 35.5. The highest BCUT2D eigenvalue weighted by molar-refractivity contribution is 6.62. The number of aromatic nitrogens is 2. The highest BCUT2D eigenvalue weighted by Crippen LogP contribution is 2.41. The molecule has 1 N–H and O–H groups in total. The Labute approximate surface area is 179 Å². The molecule has 0 aliphatic heterocycles. The van der Waals surface area contributed by atoms with Crippen LogP contribution in [-0.4, -0.2) is 50.4 Å². The first-order valence-electron chi connectivity index (χ1n) is 8.89. The molecule has 0 saturated carbocycles. The van der Waals surface area contributed by atoms with Crippen molar-refractivity contribution in [3.63, 3.8) is 0 Å². The summed E-state index contributed by atoms with van der Waals surface area (Å²) in [6.45, 7) is 5.17. The van der Waals surface area contributed by atoms with Crippen molar-refractivity contribution in [3.8, 4) is 0 Å². The molecule has 0 saturated heterocycles. The number of carbonyl (C=O) groups excluding carboxylic acids is 1. The molecule has 5 nitrogen and oxygen atoms in total. The van der Waals surface area contributed by atoms with Gasteiger partial charge in [0.2, 0.25) is 0 Å². The third kappa shape index (κ3) is 3.92. The van der Waals surface area contributed by atoms with E-state index < -0.39 is 28.6 Å². The van der Waals surface area contributed by atoms with Gasteiger partial charge in [0.05, 0.1) is 26.6 Å². The van der Waals surface area contributed by atoms with Crippen LogP contribution in [0, 0.1) is 11.6 Å².